The summed E-state index contributed by atoms with van der Waals surface area (Å²) >= 11 is 0. The Kier molecular flexibility index (Phi) is 8.45. The number of hydrogen-bond acceptors (Lipinski definition) is 8. The van der Waals surface area contributed by atoms with E-state index in [1.54, 1.807) is 38.1 Å². The zero-order valence-corrected chi connectivity index (χ0v) is 16.0. The number of azo groups is 1. The summed E-state index contributed by atoms with van der Waals surface area (Å²) in [6.45, 7) is 4.26. The van der Waals surface area contributed by atoms with Crippen LogP contribution in [0.3, 0.4) is 0 Å². The summed E-state index contributed by atoms with van der Waals surface area (Å²) in [7, 11) is 0. The minimum Gasteiger partial charge on any atom is -0.465 e. The highest BCUT2D eigenvalue weighted by Crippen LogP contribution is 2.29. The lowest BCUT2D eigenvalue weighted by Gasteiger charge is -2.09. The number of carbonyl (C=O) groups is 2. The Balaban J connectivity index is 2.09. The first-order chi connectivity index (χ1) is 13.6. The average molecular weight is 384 g/mol. The Labute approximate surface area is 164 Å². The third-order valence-electron chi connectivity index (χ3n) is 3.53. The fourth-order valence-electron chi connectivity index (χ4n) is 2.29. The van der Waals surface area contributed by atoms with Crippen molar-refractivity contribution in [2.45, 2.75) is 13.8 Å². The first-order valence-electron chi connectivity index (χ1n) is 9.02. The van der Waals surface area contributed by atoms with Crippen LogP contribution < -0.4 is 10.6 Å². The Hall–Kier alpha value is -3.42. The molecule has 0 unspecified atom stereocenters. The summed E-state index contributed by atoms with van der Waals surface area (Å²) in [6.07, 6.45) is 0. The lowest BCUT2D eigenvalue weighted by Crippen LogP contribution is -2.16. The predicted octanol–water partition coefficient (Wildman–Crippen LogP) is 4.05. The van der Waals surface area contributed by atoms with E-state index in [0.29, 0.717) is 36.0 Å². The average Bonchev–Trinajstić information content (AvgIpc) is 2.71. The van der Waals surface area contributed by atoms with Crippen LogP contribution in [-0.2, 0) is 19.1 Å². The van der Waals surface area contributed by atoms with Crippen molar-refractivity contribution in [2.24, 2.45) is 10.2 Å². The van der Waals surface area contributed by atoms with Crippen LogP contribution in [0, 0.1) is 0 Å². The molecule has 0 aromatic heterocycles. The van der Waals surface area contributed by atoms with Gasteiger partial charge >= 0.3 is 11.9 Å². The van der Waals surface area contributed by atoms with Gasteiger partial charge in [0.05, 0.1) is 24.6 Å². The molecule has 148 valence electrons. The number of anilines is 2. The molecule has 2 aromatic carbocycles. The summed E-state index contributed by atoms with van der Waals surface area (Å²) < 4.78 is 9.82. The van der Waals surface area contributed by atoms with Crippen LogP contribution in [0.2, 0.25) is 0 Å². The van der Waals surface area contributed by atoms with Crippen molar-refractivity contribution in [3.05, 3.63) is 48.5 Å². The topological polar surface area (TPSA) is 101 Å². The Morgan fingerprint density at radius 3 is 1.54 bits per heavy atom. The van der Waals surface area contributed by atoms with Gasteiger partial charge in [0.15, 0.2) is 0 Å². The number of nitrogens with zero attached hydrogens (tertiary/aromatic N) is 2. The maximum atomic E-state index is 11.5. The number of carbonyl (C=O) groups excluding carboxylic acids is 2. The molecular weight excluding hydrogens is 360 g/mol. The fourth-order valence-corrected chi connectivity index (χ4v) is 2.29. The van der Waals surface area contributed by atoms with Gasteiger partial charge in [-0.05, 0) is 38.1 Å². The van der Waals surface area contributed by atoms with E-state index in [1.165, 1.54) is 0 Å². The molecule has 0 amide bonds. The summed E-state index contributed by atoms with van der Waals surface area (Å²) in [4.78, 5) is 23.1. The lowest BCUT2D eigenvalue weighted by molar-refractivity contribution is -0.141. The van der Waals surface area contributed by atoms with Crippen LogP contribution in [0.5, 0.6) is 0 Å². The first kappa shape index (κ1) is 20.9. The normalized spacial score (nSPS) is 10.5. The van der Waals surface area contributed by atoms with E-state index in [-0.39, 0.29) is 25.0 Å². The minimum atomic E-state index is -0.345. The van der Waals surface area contributed by atoms with Crippen LogP contribution in [0.4, 0.5) is 22.7 Å². The van der Waals surface area contributed by atoms with E-state index in [9.17, 15) is 9.59 Å². The number of nitrogens with one attached hydrogen (secondary N) is 2. The van der Waals surface area contributed by atoms with E-state index in [4.69, 9.17) is 9.47 Å². The maximum Gasteiger partial charge on any atom is 0.325 e. The van der Waals surface area contributed by atoms with Crippen molar-refractivity contribution in [3.63, 3.8) is 0 Å². The summed E-state index contributed by atoms with van der Waals surface area (Å²) in [5.41, 5.74) is 2.48. The maximum absolute atomic E-state index is 11.5. The van der Waals surface area contributed by atoms with Crippen molar-refractivity contribution in [2.75, 3.05) is 36.9 Å². The van der Waals surface area contributed by atoms with Crippen molar-refractivity contribution in [3.8, 4) is 0 Å². The molecular formula is C20H24N4O4. The van der Waals surface area contributed by atoms with Crippen molar-refractivity contribution in [1.29, 1.82) is 0 Å². The second-order valence-corrected chi connectivity index (χ2v) is 5.55. The van der Waals surface area contributed by atoms with Gasteiger partial charge in [-0.15, -0.1) is 10.2 Å². The van der Waals surface area contributed by atoms with Gasteiger partial charge < -0.3 is 20.1 Å². The fraction of sp³-hybridized carbons (Fsp3) is 0.300. The van der Waals surface area contributed by atoms with Crippen molar-refractivity contribution >= 4 is 34.7 Å². The summed E-state index contributed by atoms with van der Waals surface area (Å²) in [5.74, 6) is -0.689. The minimum absolute atomic E-state index is 0.0397. The lowest BCUT2D eigenvalue weighted by atomic mass is 10.2. The molecule has 0 aliphatic carbocycles. The van der Waals surface area contributed by atoms with Gasteiger partial charge in [-0.3, -0.25) is 9.59 Å². The zero-order chi connectivity index (χ0) is 20.2. The predicted molar refractivity (Wildman–Crippen MR) is 107 cm³/mol. The van der Waals surface area contributed by atoms with Crippen LogP contribution in [0.1, 0.15) is 13.8 Å². The van der Waals surface area contributed by atoms with E-state index >= 15 is 0 Å². The highest BCUT2D eigenvalue weighted by atomic mass is 16.5. The molecule has 0 radical (unpaired) electrons. The number of hydrogen-bond donors (Lipinski definition) is 2. The third kappa shape index (κ3) is 6.71. The van der Waals surface area contributed by atoms with Crippen molar-refractivity contribution < 1.29 is 19.1 Å². The molecule has 0 heterocycles. The van der Waals surface area contributed by atoms with Gasteiger partial charge in [0.25, 0.3) is 0 Å². The number of para-hydroxylation sites is 2. The van der Waals surface area contributed by atoms with Gasteiger partial charge in [-0.2, -0.15) is 0 Å². The van der Waals surface area contributed by atoms with Crippen LogP contribution in [0.25, 0.3) is 0 Å². The number of ether oxygens (including phenoxy) is 2. The van der Waals surface area contributed by atoms with E-state index < -0.39 is 0 Å². The SMILES string of the molecule is CCOC(=O)CNc1ccccc1N=Nc1ccccc1NCC(=O)OCC. The van der Waals surface area contributed by atoms with Crippen molar-refractivity contribution in [1.82, 2.24) is 0 Å². The van der Waals surface area contributed by atoms with Gasteiger partial charge in [-0.1, -0.05) is 24.3 Å². The first-order valence-corrected chi connectivity index (χ1v) is 9.02. The molecule has 0 saturated heterocycles. The molecule has 28 heavy (non-hydrogen) atoms. The molecule has 8 nitrogen and oxygen atoms in total. The molecule has 2 aromatic rings. The Morgan fingerprint density at radius 1 is 0.750 bits per heavy atom. The number of rotatable bonds is 10. The van der Waals surface area contributed by atoms with E-state index in [2.05, 4.69) is 20.9 Å². The smallest absolute Gasteiger partial charge is 0.325 e. The second-order valence-electron chi connectivity index (χ2n) is 5.55. The van der Waals surface area contributed by atoms with Crippen LogP contribution in [0.15, 0.2) is 58.8 Å². The standard InChI is InChI=1S/C20H24N4O4/c1-3-27-19(25)13-21-15-9-5-7-11-17(15)23-24-18-12-8-6-10-16(18)22-14-20(26)28-4-2/h5-12,21-22H,3-4,13-14H2,1-2H3. The van der Waals surface area contributed by atoms with E-state index in [0.717, 1.165) is 0 Å². The second kappa shape index (κ2) is 11.3. The highest BCUT2D eigenvalue weighted by Gasteiger charge is 2.07. The van der Waals surface area contributed by atoms with Crippen LogP contribution in [-0.4, -0.2) is 38.2 Å². The summed E-state index contributed by atoms with van der Waals surface area (Å²) in [6, 6.07) is 14.5. The van der Waals surface area contributed by atoms with Gasteiger partial charge in [-0.25, -0.2) is 0 Å². The highest BCUT2D eigenvalue weighted by molar-refractivity contribution is 5.78. The van der Waals surface area contributed by atoms with Gasteiger partial charge in [0.1, 0.15) is 24.5 Å². The Morgan fingerprint density at radius 2 is 1.14 bits per heavy atom. The largest absolute Gasteiger partial charge is 0.465 e. The third-order valence-corrected chi connectivity index (χ3v) is 3.53. The molecule has 2 N–H and O–H groups in total. The summed E-state index contributed by atoms with van der Waals surface area (Å²) in [5, 5.41) is 14.6. The molecule has 0 saturated carbocycles. The molecule has 0 spiro atoms. The molecule has 8 heteroatoms. The van der Waals surface area contributed by atoms with Crippen LogP contribution >= 0.6 is 0 Å². The quantitative estimate of drug-likeness (QED) is 0.473. The monoisotopic (exact) mass is 384 g/mol. The number of benzene rings is 2. The molecule has 2 rings (SSSR count). The Bertz CT molecular complexity index is 756. The van der Waals surface area contributed by atoms with Gasteiger partial charge in [0.2, 0.25) is 0 Å². The van der Waals surface area contributed by atoms with Gasteiger partial charge in [0, 0.05) is 0 Å². The zero-order valence-electron chi connectivity index (χ0n) is 16.0. The molecule has 0 aliphatic heterocycles. The molecule has 0 atom stereocenters. The van der Waals surface area contributed by atoms with E-state index in [1.807, 2.05) is 24.3 Å². The molecule has 0 fully saturated rings. The molecule has 0 aliphatic rings. The number of esters is 2. The molecule has 0 bridgehead atoms.